The van der Waals surface area contributed by atoms with E-state index in [1.54, 1.807) is 18.2 Å². The minimum absolute atomic E-state index is 0.0589. The average Bonchev–Trinajstić information content (AvgIpc) is 2.38. The van der Waals surface area contributed by atoms with E-state index in [1.165, 1.54) is 0 Å². The quantitative estimate of drug-likeness (QED) is 0.755. The van der Waals surface area contributed by atoms with Crippen LogP contribution in [0.1, 0.15) is 18.5 Å². The molecule has 1 unspecified atom stereocenters. The first-order valence-corrected chi connectivity index (χ1v) is 6.48. The molecule has 1 aromatic carbocycles. The van der Waals surface area contributed by atoms with E-state index in [2.05, 4.69) is 15.6 Å². The van der Waals surface area contributed by atoms with Gasteiger partial charge < -0.3 is 16.4 Å². The number of nitrogens with two attached hydrogens (primary N) is 1. The van der Waals surface area contributed by atoms with Gasteiger partial charge in [-0.2, -0.15) is 0 Å². The van der Waals surface area contributed by atoms with Crippen LogP contribution >= 0.6 is 11.6 Å². The molecule has 20 heavy (non-hydrogen) atoms. The smallest absolute Gasteiger partial charge is 0.316 e. The lowest BCUT2D eigenvalue weighted by Crippen LogP contribution is -2.19. The fourth-order valence-corrected chi connectivity index (χ4v) is 1.95. The molecule has 4 N–H and O–H groups in total. The number of carbonyl (C=O) groups excluding carboxylic acids is 1. The summed E-state index contributed by atoms with van der Waals surface area (Å²) in [6, 6.07) is 12.3. The van der Waals surface area contributed by atoms with Crippen molar-refractivity contribution in [2.45, 2.75) is 13.0 Å². The van der Waals surface area contributed by atoms with Crippen molar-refractivity contribution in [2.24, 2.45) is 5.73 Å². The highest BCUT2D eigenvalue weighted by Gasteiger charge is 2.06. The summed E-state index contributed by atoms with van der Waals surface area (Å²) >= 11 is 5.84. The molecule has 0 radical (unpaired) electrons. The van der Waals surface area contributed by atoms with Crippen LogP contribution < -0.4 is 16.4 Å². The van der Waals surface area contributed by atoms with E-state index in [0.717, 1.165) is 5.56 Å². The minimum Gasteiger partial charge on any atom is -0.364 e. The molecule has 0 aliphatic carbocycles. The van der Waals surface area contributed by atoms with Crippen molar-refractivity contribution < 1.29 is 4.79 Å². The molecule has 6 heteroatoms. The number of rotatable bonds is 4. The van der Waals surface area contributed by atoms with Gasteiger partial charge in [-0.15, -0.1) is 0 Å². The molecule has 1 aromatic heterocycles. The van der Waals surface area contributed by atoms with Crippen molar-refractivity contribution in [2.75, 3.05) is 10.6 Å². The van der Waals surface area contributed by atoms with Crippen LogP contribution in [0.3, 0.4) is 0 Å². The Kier molecular flexibility index (Phi) is 4.42. The van der Waals surface area contributed by atoms with Gasteiger partial charge in [-0.1, -0.05) is 29.8 Å². The van der Waals surface area contributed by atoms with Gasteiger partial charge in [0.25, 0.3) is 0 Å². The lowest BCUT2D eigenvalue weighted by Gasteiger charge is -2.15. The van der Waals surface area contributed by atoms with Gasteiger partial charge >= 0.3 is 6.03 Å². The van der Waals surface area contributed by atoms with Crippen molar-refractivity contribution in [3.8, 4) is 0 Å². The van der Waals surface area contributed by atoms with Crippen LogP contribution in [-0.2, 0) is 0 Å². The van der Waals surface area contributed by atoms with E-state index in [9.17, 15) is 4.79 Å². The Bertz CT molecular complexity index is 600. The second-order valence-electron chi connectivity index (χ2n) is 4.32. The maximum Gasteiger partial charge on any atom is 0.316 e. The Balaban J connectivity index is 2.05. The number of hydrogen-bond donors (Lipinski definition) is 3. The van der Waals surface area contributed by atoms with Crippen molar-refractivity contribution in [1.29, 1.82) is 0 Å². The summed E-state index contributed by atoms with van der Waals surface area (Å²) in [5.74, 6) is 0.712. The predicted molar refractivity (Wildman–Crippen MR) is 80.9 cm³/mol. The Labute approximate surface area is 122 Å². The van der Waals surface area contributed by atoms with Crippen molar-refractivity contribution in [3.05, 3.63) is 53.2 Å². The van der Waals surface area contributed by atoms with Crippen LogP contribution in [0.4, 0.5) is 16.3 Å². The van der Waals surface area contributed by atoms with Crippen LogP contribution in [0.5, 0.6) is 0 Å². The number of urea groups is 1. The number of anilines is 2. The molecule has 0 saturated heterocycles. The molecule has 5 nitrogen and oxygen atoms in total. The van der Waals surface area contributed by atoms with Crippen LogP contribution in [0.25, 0.3) is 0 Å². The Morgan fingerprint density at radius 1 is 1.25 bits per heavy atom. The number of primary amides is 1. The molecule has 0 aliphatic rings. The maximum absolute atomic E-state index is 10.7. The lowest BCUT2D eigenvalue weighted by molar-refractivity contribution is 0.259. The summed E-state index contributed by atoms with van der Waals surface area (Å²) in [7, 11) is 0. The summed E-state index contributed by atoms with van der Waals surface area (Å²) in [4.78, 5) is 14.9. The number of carbonyl (C=O) groups is 1. The normalized spacial score (nSPS) is 11.7. The zero-order valence-corrected chi connectivity index (χ0v) is 11.7. The third-order valence-corrected chi connectivity index (χ3v) is 2.97. The third-order valence-electron chi connectivity index (χ3n) is 2.76. The highest BCUT2D eigenvalue weighted by molar-refractivity contribution is 6.29. The fraction of sp³-hybridized carbons (Fsp3) is 0.143. The molecule has 2 rings (SSSR count). The Morgan fingerprint density at radius 3 is 2.55 bits per heavy atom. The first-order valence-electron chi connectivity index (χ1n) is 6.10. The maximum atomic E-state index is 10.7. The molecule has 0 bridgehead atoms. The summed E-state index contributed by atoms with van der Waals surface area (Å²) < 4.78 is 0. The van der Waals surface area contributed by atoms with Gasteiger partial charge in [-0.3, -0.25) is 0 Å². The molecule has 0 fully saturated rings. The number of nitrogens with zero attached hydrogens (tertiary/aromatic N) is 1. The summed E-state index contributed by atoms with van der Waals surface area (Å²) in [5, 5.41) is 6.22. The largest absolute Gasteiger partial charge is 0.364 e. The van der Waals surface area contributed by atoms with Crippen molar-refractivity contribution in [1.82, 2.24) is 4.98 Å². The number of aromatic nitrogens is 1. The van der Waals surface area contributed by atoms with Crippen molar-refractivity contribution >= 4 is 29.1 Å². The topological polar surface area (TPSA) is 80.0 Å². The van der Waals surface area contributed by atoms with Gasteiger partial charge in [0, 0.05) is 11.7 Å². The average molecular weight is 291 g/mol. The first-order chi connectivity index (χ1) is 9.54. The van der Waals surface area contributed by atoms with Crippen LogP contribution in [-0.4, -0.2) is 11.0 Å². The Morgan fingerprint density at radius 2 is 1.95 bits per heavy atom. The number of nitrogens with one attached hydrogen (secondary N) is 2. The lowest BCUT2D eigenvalue weighted by atomic mass is 10.1. The number of amides is 2. The van der Waals surface area contributed by atoms with Gasteiger partial charge in [-0.05, 0) is 36.8 Å². The molecule has 1 atom stereocenters. The number of pyridine rings is 1. The van der Waals surface area contributed by atoms with E-state index >= 15 is 0 Å². The van der Waals surface area contributed by atoms with Gasteiger partial charge in [-0.25, -0.2) is 9.78 Å². The van der Waals surface area contributed by atoms with Gasteiger partial charge in [0.2, 0.25) is 0 Å². The monoisotopic (exact) mass is 290 g/mol. The molecular formula is C14H15ClN4O. The highest BCUT2D eigenvalue weighted by Crippen LogP contribution is 2.20. The SMILES string of the molecule is CC(Nc1cccc(Cl)n1)c1ccc(NC(N)=O)cc1. The van der Waals surface area contributed by atoms with E-state index in [-0.39, 0.29) is 6.04 Å². The van der Waals surface area contributed by atoms with Gasteiger partial charge in [0.1, 0.15) is 11.0 Å². The van der Waals surface area contributed by atoms with Crippen LogP contribution in [0.2, 0.25) is 5.15 Å². The highest BCUT2D eigenvalue weighted by atomic mass is 35.5. The molecule has 2 aromatic rings. The molecule has 0 spiro atoms. The number of hydrogen-bond acceptors (Lipinski definition) is 3. The second-order valence-corrected chi connectivity index (χ2v) is 4.71. The first kappa shape index (κ1) is 14.1. The van der Waals surface area contributed by atoms with Gasteiger partial charge in [0.05, 0.1) is 0 Å². The molecule has 1 heterocycles. The minimum atomic E-state index is -0.577. The number of halogens is 1. The summed E-state index contributed by atoms with van der Waals surface area (Å²) in [6.45, 7) is 2.01. The molecule has 104 valence electrons. The second kappa shape index (κ2) is 6.25. The van der Waals surface area contributed by atoms with Crippen LogP contribution in [0.15, 0.2) is 42.5 Å². The summed E-state index contributed by atoms with van der Waals surface area (Å²) in [5.41, 5.74) is 6.77. The predicted octanol–water partition coefficient (Wildman–Crippen LogP) is 3.40. The number of benzene rings is 1. The zero-order valence-electron chi connectivity index (χ0n) is 10.9. The Hall–Kier alpha value is -2.27. The van der Waals surface area contributed by atoms with E-state index < -0.39 is 6.03 Å². The zero-order chi connectivity index (χ0) is 14.5. The van der Waals surface area contributed by atoms with Gasteiger partial charge in [0.15, 0.2) is 0 Å². The molecule has 0 saturated carbocycles. The molecular weight excluding hydrogens is 276 g/mol. The molecule has 0 aliphatic heterocycles. The van der Waals surface area contributed by atoms with Crippen molar-refractivity contribution in [3.63, 3.8) is 0 Å². The van der Waals surface area contributed by atoms with Crippen LogP contribution in [0, 0.1) is 0 Å². The standard InChI is InChI=1S/C14H15ClN4O/c1-9(17-13-4-2-3-12(15)19-13)10-5-7-11(8-6-10)18-14(16)20/h2-9H,1H3,(H,17,19)(H3,16,18,20). The third kappa shape index (κ3) is 3.86. The fourth-order valence-electron chi connectivity index (χ4n) is 1.79. The molecule has 2 amide bonds. The van der Waals surface area contributed by atoms with E-state index in [1.807, 2.05) is 31.2 Å². The van der Waals surface area contributed by atoms with E-state index in [0.29, 0.717) is 16.7 Å². The summed E-state index contributed by atoms with van der Waals surface area (Å²) in [6.07, 6.45) is 0. The van der Waals surface area contributed by atoms with E-state index in [4.69, 9.17) is 17.3 Å².